The van der Waals surface area contributed by atoms with Crippen LogP contribution in [0.25, 0.3) is 65.4 Å². The van der Waals surface area contributed by atoms with E-state index in [1.807, 2.05) is 26.0 Å². The number of nitro benzene ring substituents is 5. The zero-order valence-corrected chi connectivity index (χ0v) is 77.4. The monoisotopic (exact) mass is 1940 g/mol. The molecule has 1 amide bonds. The fourth-order valence-electron chi connectivity index (χ4n) is 13.5. The number of hydrogen-bond donors (Lipinski definition) is 1. The largest absolute Gasteiger partial charge is 0.519 e. The molecule has 8 heterocycles. The molecule has 0 saturated heterocycles. The van der Waals surface area contributed by atoms with Crippen molar-refractivity contribution in [2.24, 2.45) is 0 Å². The van der Waals surface area contributed by atoms with E-state index in [1.54, 1.807) is 108 Å². The SMILES string of the molecule is CC(C)OC(=O)[C@H](C)NP(C)(=O)OCOc1ccc([N+](=O)[O-])c2cccnc12.CN(C)C(=O)Oc1ccc([N+](=O)[O-])c2cccnc12.Cc1cc(C2CCCCC2)n(OCOP(C)(=O)OCOc2ccc([N+](=O)[O-])c3cccnc23)c(=O)c1.Cc1ccc(OC(=O)CC(=O)Oc2ccc([N+](=O)[O-])c3cccnc23)c2ncccc12.Cc1oc(=O)oc1COc1ccc([N+](=O)[O-])c2cccnc12.S. The Labute approximate surface area is 782 Å². The van der Waals surface area contributed by atoms with Crippen LogP contribution in [-0.2, 0) is 48.4 Å². The van der Waals surface area contributed by atoms with Gasteiger partial charge < -0.3 is 51.7 Å². The summed E-state index contributed by atoms with van der Waals surface area (Å²) in [5, 5.41) is 60.5. The predicted molar refractivity (Wildman–Crippen MR) is 499 cm³/mol. The van der Waals surface area contributed by atoms with E-state index in [9.17, 15) is 88.5 Å². The molecule has 0 radical (unpaired) electrons. The molecule has 1 fully saturated rings. The van der Waals surface area contributed by atoms with Crippen LogP contribution >= 0.6 is 28.6 Å². The van der Waals surface area contributed by atoms with Crippen molar-refractivity contribution < 1.29 is 113 Å². The summed E-state index contributed by atoms with van der Waals surface area (Å²) in [5.41, 5.74) is 3.67. The molecule has 716 valence electrons. The van der Waals surface area contributed by atoms with Gasteiger partial charge in [-0.3, -0.25) is 122 Å². The summed E-state index contributed by atoms with van der Waals surface area (Å²) < 4.78 is 89.1. The van der Waals surface area contributed by atoms with E-state index < -0.39 is 102 Å². The van der Waals surface area contributed by atoms with Gasteiger partial charge in [-0.15, -0.1) is 4.73 Å². The number of carbonyl (C=O) groups is 4. The van der Waals surface area contributed by atoms with Crippen LogP contribution in [0.5, 0.6) is 34.5 Å². The third-order valence-corrected chi connectivity index (χ3v) is 22.4. The van der Waals surface area contributed by atoms with Crippen LogP contribution < -0.4 is 49.7 Å². The molecule has 1 N–H and O–H groups in total. The highest BCUT2D eigenvalue weighted by Crippen LogP contribution is 2.45. The summed E-state index contributed by atoms with van der Waals surface area (Å²) >= 11 is 0. The van der Waals surface area contributed by atoms with Crippen molar-refractivity contribution >= 4 is 146 Å². The minimum absolute atomic E-state index is 0. The summed E-state index contributed by atoms with van der Waals surface area (Å²) in [5.74, 6) is -0.979. The number of aromatic nitrogens is 7. The van der Waals surface area contributed by atoms with Crippen molar-refractivity contribution in [2.45, 2.75) is 105 Å². The Kier molecular flexibility index (Phi) is 35.7. The maximum atomic E-state index is 12.7. The van der Waals surface area contributed by atoms with Crippen molar-refractivity contribution in [3.8, 4) is 34.5 Å². The zero-order valence-electron chi connectivity index (χ0n) is 74.6. The number of fused-ring (bicyclic) bond motifs is 6. The number of non-ortho nitro benzene ring substituents is 5. The third kappa shape index (κ3) is 27.5. The first kappa shape index (κ1) is 103. The Morgan fingerprint density at radius 3 is 1.26 bits per heavy atom. The predicted octanol–water partition coefficient (Wildman–Crippen LogP) is 17.0. The Bertz CT molecular complexity index is 7100. The van der Waals surface area contributed by atoms with Gasteiger partial charge in [0, 0.05) is 112 Å². The zero-order chi connectivity index (χ0) is 98.2. The van der Waals surface area contributed by atoms with Crippen molar-refractivity contribution in [1.82, 2.24) is 44.6 Å². The summed E-state index contributed by atoms with van der Waals surface area (Å²) in [7, 11) is -3.90. The summed E-state index contributed by atoms with van der Waals surface area (Å²) in [6.07, 6.45) is 12.8. The van der Waals surface area contributed by atoms with Crippen molar-refractivity contribution in [3.05, 3.63) is 295 Å². The van der Waals surface area contributed by atoms with Crippen LogP contribution in [-0.4, -0.2) is 148 Å². The second-order valence-corrected chi connectivity index (χ2v) is 34.4. The molecule has 0 bridgehead atoms. The molecule has 1 aliphatic carbocycles. The molecule has 15 rings (SSSR count). The molecule has 48 heteroatoms. The van der Waals surface area contributed by atoms with Gasteiger partial charge in [0.05, 0.1) is 63.3 Å². The number of ether oxygens (including phenoxy) is 7. The minimum atomic E-state index is -3.62. The summed E-state index contributed by atoms with van der Waals surface area (Å²) in [6, 6.07) is 38.7. The lowest BCUT2D eigenvalue weighted by molar-refractivity contribution is -0.383. The number of nitro groups is 5. The molecule has 1 aliphatic rings. The Morgan fingerprint density at radius 2 is 0.861 bits per heavy atom. The number of pyridine rings is 7. The maximum absolute atomic E-state index is 12.7. The van der Waals surface area contributed by atoms with Crippen LogP contribution in [0, 0.1) is 71.3 Å². The number of hydrogen-bond acceptors (Lipinski definition) is 37. The van der Waals surface area contributed by atoms with Crippen molar-refractivity contribution in [2.75, 3.05) is 47.8 Å². The molecule has 2 unspecified atom stereocenters. The highest BCUT2D eigenvalue weighted by Gasteiger charge is 2.30. The van der Waals surface area contributed by atoms with E-state index >= 15 is 0 Å². The van der Waals surface area contributed by atoms with Crippen LogP contribution in [0.1, 0.15) is 93.6 Å². The molecule has 1 saturated carbocycles. The first-order chi connectivity index (χ1) is 64.8. The topological polar surface area (TPSA) is 578 Å². The van der Waals surface area contributed by atoms with Crippen LogP contribution in [0.15, 0.2) is 213 Å². The average molecular weight is 1940 g/mol. The smallest absolute Gasteiger partial charge is 0.483 e. The van der Waals surface area contributed by atoms with Gasteiger partial charge in [-0.1, -0.05) is 31.4 Å². The van der Waals surface area contributed by atoms with Gasteiger partial charge in [0.1, 0.15) is 69.4 Å². The van der Waals surface area contributed by atoms with E-state index in [-0.39, 0.29) is 128 Å². The molecule has 45 nitrogen and oxygen atoms in total. The number of nitrogens with one attached hydrogen (secondary N) is 1. The lowest BCUT2D eigenvalue weighted by Gasteiger charge is -2.25. The van der Waals surface area contributed by atoms with Gasteiger partial charge in [0.15, 0.2) is 42.4 Å². The summed E-state index contributed by atoms with van der Waals surface area (Å²) in [4.78, 5) is 156. The van der Waals surface area contributed by atoms with E-state index in [0.717, 1.165) is 47.9 Å². The summed E-state index contributed by atoms with van der Waals surface area (Å²) in [6.45, 7) is 11.5. The molecule has 0 spiro atoms. The van der Waals surface area contributed by atoms with E-state index in [1.165, 1.54) is 146 Å². The second kappa shape index (κ2) is 47.3. The van der Waals surface area contributed by atoms with Gasteiger partial charge in [-0.25, -0.2) is 14.7 Å². The number of carbonyl (C=O) groups excluding carboxylic acids is 4. The molecule has 3 atom stereocenters. The lowest BCUT2D eigenvalue weighted by atomic mass is 9.86. The fraction of sp³-hybridized carbons (Fsp3) is 0.258. The van der Waals surface area contributed by atoms with Crippen LogP contribution in [0.3, 0.4) is 0 Å². The molecule has 14 aromatic rings. The average Bonchev–Trinajstić information content (AvgIpc) is 1.12. The maximum Gasteiger partial charge on any atom is 0.519 e. The molecular weight excluding hydrogens is 1860 g/mol. The second-order valence-electron chi connectivity index (χ2n) is 30.1. The van der Waals surface area contributed by atoms with E-state index in [2.05, 4.69) is 35.0 Å². The number of amides is 1. The molecule has 137 heavy (non-hydrogen) atoms. The van der Waals surface area contributed by atoms with Crippen molar-refractivity contribution in [1.29, 1.82) is 0 Å². The number of esters is 3. The highest BCUT2D eigenvalue weighted by atomic mass is 32.1. The Morgan fingerprint density at radius 1 is 0.489 bits per heavy atom. The Balaban J connectivity index is 0.000000179. The normalized spacial score (nSPS) is 12.7. The van der Waals surface area contributed by atoms with E-state index in [0.29, 0.717) is 44.1 Å². The number of benzene rings is 6. The standard InChI is InChI=1S/C24H28N3O8P.C22H15N3O6.C17H22N3O7P.C14H10N2O6.C12H11N3O4.H2S/c1-17-13-21(18-7-4-3-5-8-18)26(23(28)14-17)33-16-35-36(2,31)34-15-32-22-11-10-20(27(29)30)19-9-6-12-25-24(19)22;1-13-6-8-17(21-14(13)4-2-10-23-21)30-19(26)12-20(27)31-18-9-7-16(25(28)29)15-5-3-11-24-22(15)18;1-11(2)27-17(21)12(3)19-28(4,24)26-10-25-15-8-7-14(20(22)23)13-6-5-9-18-16(13)15;1-8-12(22-14(17)21-8)7-20-11-5-4-10(16(18)19)9-3-2-6-15-13(9)11;1-14(2)12(16)19-10-6-5-9(15(17)18)8-4-3-7-13-11(8)10;/h6,9-14,18H,3-5,7-8,15-16H2,1-2H3;2-11H,12H2,1H3;5-9,11-12H,10H2,1-4H3,(H,19,24);2-6H,7H2,1H3;3-7H,1-2H3;1H2/t;;12-,28?;;;/m..0.../s1. The number of aryl methyl sites for hydroxylation is 3. The van der Waals surface area contributed by atoms with Crippen molar-refractivity contribution in [3.63, 3.8) is 0 Å². The molecule has 0 aliphatic heterocycles. The lowest BCUT2D eigenvalue weighted by Crippen LogP contribution is -2.35. The quantitative estimate of drug-likeness (QED) is 0.00831. The van der Waals surface area contributed by atoms with Gasteiger partial charge in [-0.05, 0) is 175 Å². The van der Waals surface area contributed by atoms with Gasteiger partial charge in [0.2, 0.25) is 6.79 Å². The van der Waals surface area contributed by atoms with Gasteiger partial charge >= 0.3 is 37.4 Å². The van der Waals surface area contributed by atoms with Crippen LogP contribution in [0.2, 0.25) is 0 Å². The number of nitrogens with zero attached hydrogens (tertiary/aromatic N) is 13. The first-order valence-electron chi connectivity index (χ1n) is 41.0. The van der Waals surface area contributed by atoms with E-state index in [4.69, 9.17) is 60.4 Å². The highest BCUT2D eigenvalue weighted by molar-refractivity contribution is 7.59. The van der Waals surface area contributed by atoms with Gasteiger partial charge in [-0.2, -0.15) is 13.5 Å². The molecular formula is C89H88N14O31P2S. The Hall–Kier alpha value is -15.7. The van der Waals surface area contributed by atoms with Gasteiger partial charge in [0.25, 0.3) is 41.5 Å². The first-order valence-corrected chi connectivity index (χ1v) is 45.1. The minimum Gasteiger partial charge on any atom is -0.483 e. The third-order valence-electron chi connectivity index (χ3n) is 19.8. The fourth-order valence-corrected chi connectivity index (χ4v) is 15.2. The molecule has 6 aromatic carbocycles. The van der Waals surface area contributed by atoms with Crippen LogP contribution in [0.4, 0.5) is 33.2 Å². The molecule has 8 aromatic heterocycles. The number of rotatable bonds is 30.